The maximum Gasteiger partial charge on any atom is 0.236 e. The Kier molecular flexibility index (Phi) is 7.58. The van der Waals surface area contributed by atoms with Crippen molar-refractivity contribution in [3.63, 3.8) is 0 Å². The molecular weight excluding hydrogens is 292 g/mol. The molecule has 1 heterocycles. The van der Waals surface area contributed by atoms with Gasteiger partial charge in [0, 0.05) is 39.3 Å². The summed E-state index contributed by atoms with van der Waals surface area (Å²) in [4.78, 5) is 16.0. The summed E-state index contributed by atoms with van der Waals surface area (Å²) in [6.45, 7) is 7.19. The van der Waals surface area contributed by atoms with E-state index in [1.54, 1.807) is 0 Å². The van der Waals surface area contributed by atoms with Gasteiger partial charge in [0.05, 0.1) is 12.8 Å². The molecule has 1 rings (SSSR count). The topological polar surface area (TPSA) is 73.0 Å². The zero-order valence-electron chi connectivity index (χ0n) is 13.3. The minimum absolute atomic E-state index is 0.124. The number of piperazine rings is 1. The molecule has 1 saturated heterocycles. The van der Waals surface area contributed by atoms with Crippen molar-refractivity contribution in [2.24, 2.45) is 0 Å². The number of nitrogens with one attached hydrogen (secondary N) is 1. The van der Waals surface area contributed by atoms with Crippen LogP contribution in [0, 0.1) is 0 Å². The molecule has 8 heteroatoms. The van der Waals surface area contributed by atoms with Gasteiger partial charge in [0.2, 0.25) is 15.9 Å². The second-order valence-electron chi connectivity index (χ2n) is 5.47. The molecule has 0 radical (unpaired) electrons. The minimum atomic E-state index is -3.12. The summed E-state index contributed by atoms with van der Waals surface area (Å²) in [5.74, 6) is 0.124. The van der Waals surface area contributed by atoms with Crippen molar-refractivity contribution in [3.8, 4) is 0 Å². The lowest BCUT2D eigenvalue weighted by Crippen LogP contribution is -2.49. The van der Waals surface area contributed by atoms with Crippen LogP contribution in [0.2, 0.25) is 0 Å². The first-order valence-electron chi connectivity index (χ1n) is 7.46. The second-order valence-corrected chi connectivity index (χ2v) is 7.45. The predicted molar refractivity (Wildman–Crippen MR) is 83.7 cm³/mol. The Labute approximate surface area is 128 Å². The molecule has 1 N–H and O–H groups in total. The maximum absolute atomic E-state index is 12.0. The minimum Gasteiger partial charge on any atom is -0.339 e. The van der Waals surface area contributed by atoms with Crippen LogP contribution in [-0.2, 0) is 14.8 Å². The first kappa shape index (κ1) is 18.3. The molecular formula is C13H28N4O3S. The van der Waals surface area contributed by atoms with Gasteiger partial charge in [-0.1, -0.05) is 6.92 Å². The largest absolute Gasteiger partial charge is 0.339 e. The van der Waals surface area contributed by atoms with E-state index in [1.165, 1.54) is 10.6 Å². The number of rotatable bonds is 8. The summed E-state index contributed by atoms with van der Waals surface area (Å²) in [5, 5.41) is 3.10. The van der Waals surface area contributed by atoms with Crippen molar-refractivity contribution >= 4 is 15.9 Å². The van der Waals surface area contributed by atoms with Crippen LogP contribution in [0.15, 0.2) is 0 Å². The van der Waals surface area contributed by atoms with Gasteiger partial charge in [-0.05, 0) is 20.0 Å². The molecule has 0 aromatic rings. The number of carbonyl (C=O) groups excluding carboxylic acids is 1. The van der Waals surface area contributed by atoms with E-state index >= 15 is 0 Å². The summed E-state index contributed by atoms with van der Waals surface area (Å²) in [6, 6.07) is 0. The molecule has 7 nitrogen and oxygen atoms in total. The summed E-state index contributed by atoms with van der Waals surface area (Å²) in [7, 11) is -1.06. The first-order valence-corrected chi connectivity index (χ1v) is 9.31. The number of amides is 1. The number of hydrogen-bond acceptors (Lipinski definition) is 5. The highest BCUT2D eigenvalue weighted by atomic mass is 32.2. The average molecular weight is 320 g/mol. The van der Waals surface area contributed by atoms with Gasteiger partial charge in [0.25, 0.3) is 0 Å². The van der Waals surface area contributed by atoms with E-state index in [4.69, 9.17) is 0 Å². The fourth-order valence-corrected chi connectivity index (χ4v) is 3.23. The molecule has 1 aliphatic heterocycles. The fraction of sp³-hybridized carbons (Fsp3) is 0.923. The van der Waals surface area contributed by atoms with Crippen LogP contribution in [0.1, 0.15) is 13.3 Å². The van der Waals surface area contributed by atoms with E-state index in [-0.39, 0.29) is 5.91 Å². The Morgan fingerprint density at radius 1 is 1.24 bits per heavy atom. The molecule has 0 aromatic carbocycles. The van der Waals surface area contributed by atoms with Gasteiger partial charge >= 0.3 is 0 Å². The third kappa shape index (κ3) is 6.73. The van der Waals surface area contributed by atoms with Gasteiger partial charge in [-0.3, -0.25) is 4.79 Å². The van der Waals surface area contributed by atoms with Crippen molar-refractivity contribution in [3.05, 3.63) is 0 Å². The highest BCUT2D eigenvalue weighted by Gasteiger charge is 2.18. The molecule has 0 atom stereocenters. The molecule has 1 aliphatic rings. The van der Waals surface area contributed by atoms with Gasteiger partial charge in [-0.2, -0.15) is 0 Å². The van der Waals surface area contributed by atoms with Gasteiger partial charge in [-0.25, -0.2) is 12.7 Å². The standard InChI is InChI=1S/C13H28N4O3S/c1-4-17(21(3,19)20)7-5-6-14-12-13(18)16-10-8-15(2)9-11-16/h14H,4-12H2,1-3H3. The Morgan fingerprint density at radius 2 is 1.86 bits per heavy atom. The molecule has 124 valence electrons. The molecule has 0 aliphatic carbocycles. The quantitative estimate of drug-likeness (QED) is 0.582. The Morgan fingerprint density at radius 3 is 2.38 bits per heavy atom. The van der Waals surface area contributed by atoms with E-state index in [9.17, 15) is 13.2 Å². The lowest BCUT2D eigenvalue weighted by molar-refractivity contribution is -0.131. The third-order valence-electron chi connectivity index (χ3n) is 3.71. The van der Waals surface area contributed by atoms with Gasteiger partial charge < -0.3 is 15.1 Å². The van der Waals surface area contributed by atoms with Gasteiger partial charge in [-0.15, -0.1) is 0 Å². The van der Waals surface area contributed by atoms with Crippen molar-refractivity contribution < 1.29 is 13.2 Å². The third-order valence-corrected chi connectivity index (χ3v) is 5.09. The molecule has 1 amide bonds. The summed E-state index contributed by atoms with van der Waals surface area (Å²) in [5.41, 5.74) is 0. The first-order chi connectivity index (χ1) is 9.84. The van der Waals surface area contributed by atoms with Crippen molar-refractivity contribution in [1.82, 2.24) is 19.4 Å². The van der Waals surface area contributed by atoms with Gasteiger partial charge in [0.15, 0.2) is 0 Å². The summed E-state index contributed by atoms with van der Waals surface area (Å²) < 4.78 is 24.3. The Bertz CT molecular complexity index is 419. The van der Waals surface area contributed by atoms with Crippen LogP contribution in [0.3, 0.4) is 0 Å². The van der Waals surface area contributed by atoms with Crippen molar-refractivity contribution in [2.75, 3.05) is 65.7 Å². The number of sulfonamides is 1. The molecule has 1 fully saturated rings. The number of hydrogen-bond donors (Lipinski definition) is 1. The lowest BCUT2D eigenvalue weighted by atomic mass is 10.3. The van der Waals surface area contributed by atoms with Crippen molar-refractivity contribution in [1.29, 1.82) is 0 Å². The van der Waals surface area contributed by atoms with Crippen LogP contribution in [0.5, 0.6) is 0 Å². The van der Waals surface area contributed by atoms with Crippen LogP contribution in [0.25, 0.3) is 0 Å². The van der Waals surface area contributed by atoms with E-state index in [0.717, 1.165) is 26.2 Å². The summed E-state index contributed by atoms with van der Waals surface area (Å²) >= 11 is 0. The highest BCUT2D eigenvalue weighted by molar-refractivity contribution is 7.88. The zero-order valence-corrected chi connectivity index (χ0v) is 14.2. The zero-order chi connectivity index (χ0) is 15.9. The molecule has 0 unspecified atom stereocenters. The summed E-state index contributed by atoms with van der Waals surface area (Å²) in [6.07, 6.45) is 1.93. The monoisotopic (exact) mass is 320 g/mol. The normalized spacial score (nSPS) is 17.4. The number of carbonyl (C=O) groups is 1. The predicted octanol–water partition coefficient (Wildman–Crippen LogP) is -0.978. The Balaban J connectivity index is 2.15. The molecule has 21 heavy (non-hydrogen) atoms. The number of likely N-dealkylation sites (N-methyl/N-ethyl adjacent to an activating group) is 1. The fourth-order valence-electron chi connectivity index (χ4n) is 2.30. The van der Waals surface area contributed by atoms with E-state index in [0.29, 0.717) is 32.6 Å². The molecule has 0 aromatic heterocycles. The Hall–Kier alpha value is -0.700. The van der Waals surface area contributed by atoms with Crippen LogP contribution >= 0.6 is 0 Å². The molecule has 0 bridgehead atoms. The van der Waals surface area contributed by atoms with E-state index < -0.39 is 10.0 Å². The van der Waals surface area contributed by atoms with E-state index in [2.05, 4.69) is 17.3 Å². The maximum atomic E-state index is 12.0. The molecule has 0 saturated carbocycles. The van der Waals surface area contributed by atoms with Gasteiger partial charge in [0.1, 0.15) is 0 Å². The van der Waals surface area contributed by atoms with E-state index in [1.807, 2.05) is 11.8 Å². The van der Waals surface area contributed by atoms with Crippen LogP contribution in [-0.4, -0.2) is 94.1 Å². The lowest BCUT2D eigenvalue weighted by Gasteiger charge is -2.32. The second kappa shape index (κ2) is 8.67. The van der Waals surface area contributed by atoms with Crippen molar-refractivity contribution in [2.45, 2.75) is 13.3 Å². The highest BCUT2D eigenvalue weighted by Crippen LogP contribution is 2.00. The average Bonchev–Trinajstić information content (AvgIpc) is 2.41. The molecule has 0 spiro atoms. The smallest absolute Gasteiger partial charge is 0.236 e. The van der Waals surface area contributed by atoms with Crippen LogP contribution in [0.4, 0.5) is 0 Å². The SMILES string of the molecule is CCN(CCCNCC(=O)N1CCN(C)CC1)S(C)(=O)=O. The van der Waals surface area contributed by atoms with Crippen LogP contribution < -0.4 is 5.32 Å². The number of nitrogens with zero attached hydrogens (tertiary/aromatic N) is 3.